The van der Waals surface area contributed by atoms with E-state index in [4.69, 9.17) is 0 Å². The molecule has 1 amide bonds. The second-order valence-electron chi connectivity index (χ2n) is 4.36. The van der Waals surface area contributed by atoms with Gasteiger partial charge in [-0.2, -0.15) is 13.2 Å². The van der Waals surface area contributed by atoms with Gasteiger partial charge in [0.25, 0.3) is 0 Å². The summed E-state index contributed by atoms with van der Waals surface area (Å²) >= 11 is 0. The molecular formula is C10H14F3N5O. The number of nitrogens with one attached hydrogen (secondary N) is 1. The van der Waals surface area contributed by atoms with Gasteiger partial charge in [-0.05, 0) is 14.0 Å². The van der Waals surface area contributed by atoms with E-state index in [9.17, 15) is 18.0 Å². The molecular weight excluding hydrogens is 263 g/mol. The van der Waals surface area contributed by atoms with E-state index in [1.807, 2.05) is 0 Å². The molecule has 0 aromatic carbocycles. The second-order valence-corrected chi connectivity index (χ2v) is 4.36. The zero-order valence-electron chi connectivity index (χ0n) is 10.5. The van der Waals surface area contributed by atoms with E-state index in [1.165, 1.54) is 4.90 Å². The van der Waals surface area contributed by atoms with E-state index >= 15 is 0 Å². The first-order valence-corrected chi connectivity index (χ1v) is 5.80. The lowest BCUT2D eigenvalue weighted by atomic mass is 10.2. The Hall–Kier alpha value is -1.64. The van der Waals surface area contributed by atoms with Crippen LogP contribution in [0.15, 0.2) is 0 Å². The Morgan fingerprint density at radius 3 is 2.63 bits per heavy atom. The molecule has 1 unspecified atom stereocenters. The van der Waals surface area contributed by atoms with Crippen LogP contribution in [0.1, 0.15) is 18.6 Å². The maximum atomic E-state index is 12.6. The van der Waals surface area contributed by atoms with Gasteiger partial charge in [0, 0.05) is 13.1 Å². The highest BCUT2D eigenvalue weighted by Gasteiger charge is 2.40. The van der Waals surface area contributed by atoms with Gasteiger partial charge in [0.2, 0.25) is 11.7 Å². The van der Waals surface area contributed by atoms with E-state index in [0.29, 0.717) is 0 Å². The quantitative estimate of drug-likeness (QED) is 0.841. The minimum atomic E-state index is -4.52. The molecule has 0 saturated carbocycles. The number of fused-ring (bicyclic) bond motifs is 1. The Bertz CT molecular complexity index is 484. The first-order valence-electron chi connectivity index (χ1n) is 5.80. The molecule has 0 bridgehead atoms. The van der Waals surface area contributed by atoms with E-state index in [2.05, 4.69) is 15.5 Å². The number of alkyl halides is 3. The van der Waals surface area contributed by atoms with Crippen molar-refractivity contribution in [2.75, 3.05) is 13.6 Å². The van der Waals surface area contributed by atoms with E-state index in [-0.39, 0.29) is 37.4 Å². The third-order valence-corrected chi connectivity index (χ3v) is 3.12. The molecule has 0 saturated heterocycles. The Kier molecular flexibility index (Phi) is 3.48. The van der Waals surface area contributed by atoms with Crippen LogP contribution in [0, 0.1) is 0 Å². The molecule has 1 aliphatic rings. The van der Waals surface area contributed by atoms with Gasteiger partial charge in [-0.15, -0.1) is 10.2 Å². The van der Waals surface area contributed by atoms with Gasteiger partial charge in [0.1, 0.15) is 0 Å². The fourth-order valence-corrected chi connectivity index (χ4v) is 1.95. The Labute approximate surface area is 107 Å². The lowest BCUT2D eigenvalue weighted by molar-refractivity contribution is -0.148. The average Bonchev–Trinajstić information content (AvgIpc) is 2.79. The van der Waals surface area contributed by atoms with Gasteiger partial charge >= 0.3 is 6.18 Å². The molecule has 0 radical (unpaired) electrons. The molecule has 1 aromatic heterocycles. The zero-order valence-corrected chi connectivity index (χ0v) is 10.5. The molecule has 2 heterocycles. The summed E-state index contributed by atoms with van der Waals surface area (Å²) in [5.74, 6) is -1.00. The topological polar surface area (TPSA) is 63.1 Å². The minimum Gasteiger partial charge on any atom is -0.332 e. The van der Waals surface area contributed by atoms with Crippen molar-refractivity contribution < 1.29 is 18.0 Å². The molecule has 6 nitrogen and oxygen atoms in total. The van der Waals surface area contributed by atoms with Crippen LogP contribution in [0.4, 0.5) is 13.2 Å². The van der Waals surface area contributed by atoms with Gasteiger partial charge in [-0.25, -0.2) is 0 Å². The molecule has 9 heteroatoms. The third kappa shape index (κ3) is 2.55. The van der Waals surface area contributed by atoms with Crippen LogP contribution in [-0.2, 0) is 24.1 Å². The summed E-state index contributed by atoms with van der Waals surface area (Å²) in [5, 5.41) is 9.48. The monoisotopic (exact) mass is 277 g/mol. The number of hydrogen-bond acceptors (Lipinski definition) is 4. The molecule has 2 rings (SSSR count). The van der Waals surface area contributed by atoms with E-state index in [1.54, 1.807) is 14.0 Å². The average molecular weight is 277 g/mol. The summed E-state index contributed by atoms with van der Waals surface area (Å²) in [5.41, 5.74) is 0. The molecule has 106 valence electrons. The van der Waals surface area contributed by atoms with Crippen LogP contribution < -0.4 is 5.32 Å². The number of rotatable bonds is 2. The molecule has 0 fully saturated rings. The number of likely N-dealkylation sites (N-methyl/N-ethyl adjacent to an activating group) is 1. The maximum absolute atomic E-state index is 12.6. The highest BCUT2D eigenvalue weighted by molar-refractivity contribution is 5.81. The summed E-state index contributed by atoms with van der Waals surface area (Å²) in [7, 11) is 1.65. The van der Waals surface area contributed by atoms with Crippen molar-refractivity contribution in [1.29, 1.82) is 0 Å². The third-order valence-electron chi connectivity index (χ3n) is 3.12. The summed E-state index contributed by atoms with van der Waals surface area (Å²) in [6.07, 6.45) is -4.52. The smallest absolute Gasteiger partial charge is 0.332 e. The van der Waals surface area contributed by atoms with Crippen LogP contribution in [-0.4, -0.2) is 45.2 Å². The standard InChI is InChI=1S/C10H14F3N5O/c1-6(14-2)8(19)17-3-4-18-7(5-17)15-16-9(18)10(11,12)13/h6,14H,3-5H2,1-2H3. The summed E-state index contributed by atoms with van der Waals surface area (Å²) < 4.78 is 38.9. The van der Waals surface area contributed by atoms with Crippen molar-refractivity contribution in [1.82, 2.24) is 25.0 Å². The fraction of sp³-hybridized carbons (Fsp3) is 0.700. The van der Waals surface area contributed by atoms with Crippen LogP contribution in [0.5, 0.6) is 0 Å². The Morgan fingerprint density at radius 2 is 2.05 bits per heavy atom. The highest BCUT2D eigenvalue weighted by Crippen LogP contribution is 2.29. The molecule has 1 N–H and O–H groups in total. The number of amides is 1. The number of hydrogen-bond donors (Lipinski definition) is 1. The highest BCUT2D eigenvalue weighted by atomic mass is 19.4. The lowest BCUT2D eigenvalue weighted by Gasteiger charge is -2.29. The van der Waals surface area contributed by atoms with Crippen molar-refractivity contribution in [2.24, 2.45) is 0 Å². The van der Waals surface area contributed by atoms with Crippen molar-refractivity contribution in [2.45, 2.75) is 32.2 Å². The number of nitrogens with zero attached hydrogens (tertiary/aromatic N) is 4. The predicted molar refractivity (Wildman–Crippen MR) is 59.0 cm³/mol. The summed E-state index contributed by atoms with van der Waals surface area (Å²) in [6, 6.07) is -0.378. The summed E-state index contributed by atoms with van der Waals surface area (Å²) in [6.45, 7) is 2.02. The van der Waals surface area contributed by atoms with E-state index < -0.39 is 12.0 Å². The van der Waals surface area contributed by atoms with Crippen LogP contribution >= 0.6 is 0 Å². The normalized spacial score (nSPS) is 17.2. The van der Waals surface area contributed by atoms with Gasteiger partial charge in [0.15, 0.2) is 5.82 Å². The SMILES string of the molecule is CNC(C)C(=O)N1CCn2c(nnc2C(F)(F)F)C1. The fourth-order valence-electron chi connectivity index (χ4n) is 1.95. The van der Waals surface area contributed by atoms with Crippen molar-refractivity contribution in [3.8, 4) is 0 Å². The largest absolute Gasteiger partial charge is 0.451 e. The molecule has 0 spiro atoms. The molecule has 1 aliphatic heterocycles. The Morgan fingerprint density at radius 1 is 1.37 bits per heavy atom. The second kappa shape index (κ2) is 4.80. The first kappa shape index (κ1) is 13.8. The zero-order chi connectivity index (χ0) is 14.2. The van der Waals surface area contributed by atoms with E-state index in [0.717, 1.165) is 4.57 Å². The lowest BCUT2D eigenvalue weighted by Crippen LogP contribution is -2.47. The van der Waals surface area contributed by atoms with Crippen LogP contribution in [0.3, 0.4) is 0 Å². The minimum absolute atomic E-state index is 0.0495. The number of carbonyl (C=O) groups is 1. The number of carbonyl (C=O) groups excluding carboxylic acids is 1. The van der Waals surface area contributed by atoms with Gasteiger partial charge in [-0.3, -0.25) is 4.79 Å². The van der Waals surface area contributed by atoms with Gasteiger partial charge < -0.3 is 14.8 Å². The molecule has 1 atom stereocenters. The predicted octanol–water partition coefficient (Wildman–Crippen LogP) is 0.247. The van der Waals surface area contributed by atoms with Crippen molar-refractivity contribution in [3.05, 3.63) is 11.6 Å². The van der Waals surface area contributed by atoms with Gasteiger partial charge in [-0.1, -0.05) is 0 Å². The Balaban J connectivity index is 2.18. The van der Waals surface area contributed by atoms with Crippen LogP contribution in [0.25, 0.3) is 0 Å². The molecule has 1 aromatic rings. The van der Waals surface area contributed by atoms with Crippen LogP contribution in [0.2, 0.25) is 0 Å². The van der Waals surface area contributed by atoms with Gasteiger partial charge in [0.05, 0.1) is 12.6 Å². The van der Waals surface area contributed by atoms with Crippen molar-refractivity contribution in [3.63, 3.8) is 0 Å². The number of aromatic nitrogens is 3. The first-order chi connectivity index (χ1) is 8.84. The summed E-state index contributed by atoms with van der Waals surface area (Å²) in [4.78, 5) is 13.4. The number of halogens is 3. The maximum Gasteiger partial charge on any atom is 0.451 e. The molecule has 0 aliphatic carbocycles. The van der Waals surface area contributed by atoms with Crippen molar-refractivity contribution >= 4 is 5.91 Å². The molecule has 19 heavy (non-hydrogen) atoms.